The largest absolute Gasteiger partial charge is 0.492 e. The van der Waals surface area contributed by atoms with Gasteiger partial charge in [-0.1, -0.05) is 27.7 Å². The predicted octanol–water partition coefficient (Wildman–Crippen LogP) is 3.43. The number of morpholine rings is 1. The number of carbonyl (C=O) groups excluding carboxylic acids is 4. The molecule has 0 bridgehead atoms. The highest BCUT2D eigenvalue weighted by Gasteiger charge is 2.59. The van der Waals surface area contributed by atoms with E-state index in [9.17, 15) is 27.6 Å². The third kappa shape index (κ3) is 8.65. The zero-order valence-electron chi connectivity index (χ0n) is 34.7. The molecule has 1 aromatic carbocycles. The lowest BCUT2D eigenvalue weighted by molar-refractivity contribution is -0.154. The third-order valence-corrected chi connectivity index (χ3v) is 15.0. The lowest BCUT2D eigenvalue weighted by atomic mass is 9.87. The van der Waals surface area contributed by atoms with Gasteiger partial charge in [-0.3, -0.25) is 28.8 Å². The maximum Gasteiger partial charge on any atom is 0.306 e. The molecule has 4 fully saturated rings. The van der Waals surface area contributed by atoms with Crippen LogP contribution in [0.5, 0.6) is 11.5 Å². The van der Waals surface area contributed by atoms with E-state index in [-0.39, 0.29) is 44.2 Å². The highest BCUT2D eigenvalue weighted by Crippen LogP contribution is 2.47. The van der Waals surface area contributed by atoms with E-state index in [1.54, 1.807) is 20.8 Å². The molecule has 4 atom stereocenters. The summed E-state index contributed by atoms with van der Waals surface area (Å²) in [5.74, 6) is -1.61. The maximum atomic E-state index is 14.3. The van der Waals surface area contributed by atoms with E-state index < -0.39 is 61.6 Å². The van der Waals surface area contributed by atoms with Gasteiger partial charge in [0.15, 0.2) is 0 Å². The van der Waals surface area contributed by atoms with Gasteiger partial charge < -0.3 is 29.2 Å². The molecular weight excluding hydrogens is 767 g/mol. The van der Waals surface area contributed by atoms with Crippen molar-refractivity contribution < 1.29 is 46.5 Å². The minimum atomic E-state index is -3.93. The average molecular weight is 826 g/mol. The number of aryl methyl sites for hydroxylation is 2. The number of fused-ring (bicyclic) bond motifs is 3. The number of amides is 3. The van der Waals surface area contributed by atoms with Crippen LogP contribution in [0.1, 0.15) is 97.7 Å². The van der Waals surface area contributed by atoms with E-state index in [2.05, 4.69) is 14.9 Å². The van der Waals surface area contributed by atoms with Crippen LogP contribution in [0.15, 0.2) is 18.2 Å². The first-order chi connectivity index (χ1) is 27.5. The van der Waals surface area contributed by atoms with Gasteiger partial charge in [0.1, 0.15) is 41.4 Å². The summed E-state index contributed by atoms with van der Waals surface area (Å²) in [6.45, 7) is 15.5. The summed E-state index contributed by atoms with van der Waals surface area (Å²) in [5.41, 5.74) is 0.220. The summed E-state index contributed by atoms with van der Waals surface area (Å²) in [6, 6.07) is 4.86. The molecule has 2 aliphatic carbocycles. The zero-order valence-corrected chi connectivity index (χ0v) is 35.5. The van der Waals surface area contributed by atoms with Gasteiger partial charge in [0.2, 0.25) is 21.8 Å². The first-order valence-electron chi connectivity index (χ1n) is 20.9. The van der Waals surface area contributed by atoms with Crippen LogP contribution in [0.25, 0.3) is 10.9 Å². The molecular formula is C42H59N5O10S. The van der Waals surface area contributed by atoms with Crippen LogP contribution in [-0.2, 0) is 51.5 Å². The van der Waals surface area contributed by atoms with Crippen molar-refractivity contribution in [2.24, 2.45) is 11.8 Å². The number of carbonyl (C=O) groups is 4. The Balaban J connectivity index is 1.13. The molecule has 15 nitrogen and oxygen atoms in total. The molecule has 1 aromatic heterocycles. The second-order valence-corrected chi connectivity index (χ2v) is 19.9. The van der Waals surface area contributed by atoms with Crippen molar-refractivity contribution in [2.75, 3.05) is 46.0 Å². The van der Waals surface area contributed by atoms with E-state index in [1.807, 2.05) is 39.0 Å². The molecule has 0 radical (unpaired) electrons. The molecule has 16 heteroatoms. The summed E-state index contributed by atoms with van der Waals surface area (Å²) in [7, 11) is -3.93. The highest BCUT2D eigenvalue weighted by atomic mass is 32.2. The Labute approximate surface area is 341 Å². The van der Waals surface area contributed by atoms with Crippen molar-refractivity contribution in [3.8, 4) is 11.5 Å². The fraction of sp³-hybridized carbons (Fsp3) is 0.690. The molecule has 58 heavy (non-hydrogen) atoms. The zero-order chi connectivity index (χ0) is 41.6. The van der Waals surface area contributed by atoms with Crippen LogP contribution in [0.4, 0.5) is 0 Å². The summed E-state index contributed by atoms with van der Waals surface area (Å²) in [6.07, 6.45) is 2.73. The van der Waals surface area contributed by atoms with Gasteiger partial charge in [0.05, 0.1) is 42.1 Å². The second-order valence-electron chi connectivity index (χ2n) is 17.7. The van der Waals surface area contributed by atoms with Gasteiger partial charge >= 0.3 is 5.97 Å². The topological polar surface area (TPSA) is 183 Å². The molecule has 7 rings (SSSR count). The molecule has 5 aliphatic rings. The Hall–Kier alpha value is -4.02. The Morgan fingerprint density at radius 3 is 2.41 bits per heavy atom. The number of sulfonamides is 1. The van der Waals surface area contributed by atoms with Gasteiger partial charge in [-0.25, -0.2) is 13.4 Å². The standard InChI is InChI=1S/C42H59N5O10S/c1-7-32-36-30(31-23-29(8-9-33(31)43-32)55-21-18-46-16-19-54-20-17-46)10-11-41(57-36)24-34(47(25-41)38(50)27(4)22-35(48)56-28(5)26(2)3)37(49)44-42(14-15-42)39(51)45-58(52,53)40(6)12-13-40/h8-9,23,26-28,34H,7,10-22,24-25H2,1-6H3,(H,44,49)(H,45,51)/t27-,28+,34+,41-/m1/s1. The van der Waals surface area contributed by atoms with Crippen molar-refractivity contribution in [3.05, 3.63) is 29.5 Å². The minimum Gasteiger partial charge on any atom is -0.492 e. The number of likely N-dealkylation sites (tertiary alicyclic amines) is 1. The molecule has 3 amide bonds. The van der Waals surface area contributed by atoms with Crippen LogP contribution in [0.3, 0.4) is 0 Å². The van der Waals surface area contributed by atoms with Gasteiger partial charge in [0.25, 0.3) is 5.91 Å². The van der Waals surface area contributed by atoms with Crippen LogP contribution >= 0.6 is 0 Å². The van der Waals surface area contributed by atoms with Gasteiger partial charge in [-0.15, -0.1) is 0 Å². The summed E-state index contributed by atoms with van der Waals surface area (Å²) >= 11 is 0. The number of hydrogen-bond acceptors (Lipinski definition) is 12. The van der Waals surface area contributed by atoms with Crippen LogP contribution < -0.4 is 19.5 Å². The van der Waals surface area contributed by atoms with Crippen LogP contribution in [0, 0.1) is 11.8 Å². The van der Waals surface area contributed by atoms with Gasteiger partial charge in [0, 0.05) is 42.9 Å². The predicted molar refractivity (Wildman–Crippen MR) is 215 cm³/mol. The Morgan fingerprint density at radius 1 is 1.03 bits per heavy atom. The lowest BCUT2D eigenvalue weighted by Crippen LogP contribution is -2.56. The molecule has 1 spiro atoms. The number of ether oxygens (including phenoxy) is 4. The number of rotatable bonds is 15. The first-order valence-corrected chi connectivity index (χ1v) is 22.4. The number of aromatic nitrogens is 1. The van der Waals surface area contributed by atoms with Crippen molar-refractivity contribution >= 4 is 44.6 Å². The fourth-order valence-corrected chi connectivity index (χ4v) is 9.43. The molecule has 318 valence electrons. The Morgan fingerprint density at radius 2 is 1.76 bits per heavy atom. The van der Waals surface area contributed by atoms with E-state index in [0.717, 1.165) is 60.8 Å². The second kappa shape index (κ2) is 16.2. The third-order valence-electron chi connectivity index (χ3n) is 12.9. The summed E-state index contributed by atoms with van der Waals surface area (Å²) < 4.78 is 51.3. The number of hydrogen-bond donors (Lipinski definition) is 2. The Kier molecular flexibility index (Phi) is 11.8. The molecule has 2 aromatic rings. The highest BCUT2D eigenvalue weighted by molar-refractivity contribution is 7.91. The van der Waals surface area contributed by atoms with Gasteiger partial charge in [-0.2, -0.15) is 0 Å². The van der Waals surface area contributed by atoms with Crippen molar-refractivity contribution in [1.29, 1.82) is 0 Å². The number of nitrogens with one attached hydrogen (secondary N) is 2. The van der Waals surface area contributed by atoms with Crippen molar-refractivity contribution in [3.63, 3.8) is 0 Å². The van der Waals surface area contributed by atoms with Crippen molar-refractivity contribution in [1.82, 2.24) is 24.8 Å². The molecule has 2 saturated heterocycles. The maximum absolute atomic E-state index is 14.3. The molecule has 3 aliphatic heterocycles. The summed E-state index contributed by atoms with van der Waals surface area (Å²) in [5, 5.41) is 3.77. The van der Waals surface area contributed by atoms with Gasteiger partial charge in [-0.05, 0) is 82.9 Å². The monoisotopic (exact) mass is 825 g/mol. The van der Waals surface area contributed by atoms with E-state index in [4.69, 9.17) is 23.9 Å². The smallest absolute Gasteiger partial charge is 0.306 e. The van der Waals surface area contributed by atoms with Crippen LogP contribution in [0.2, 0.25) is 0 Å². The average Bonchev–Trinajstić information content (AvgIpc) is 4.11. The fourth-order valence-electron chi connectivity index (χ4n) is 8.10. The molecule has 2 N–H and O–H groups in total. The molecule has 4 heterocycles. The minimum absolute atomic E-state index is 0.0724. The number of pyridine rings is 1. The van der Waals surface area contributed by atoms with Crippen LogP contribution in [-0.4, -0.2) is 121 Å². The summed E-state index contributed by atoms with van der Waals surface area (Å²) in [4.78, 5) is 63.8. The SMILES string of the molecule is CCc1nc2ccc(OCCN3CCOCC3)cc2c2c1O[C@]1(CC2)C[C@@H](C(=O)NC2(C(=O)NS(=O)(=O)C3(C)CC3)CC2)N(C(=O)[C@H](C)CC(=O)O[C@@H](C)C(C)C)C1. The van der Waals surface area contributed by atoms with E-state index in [1.165, 1.54) is 4.90 Å². The number of nitrogens with zero attached hydrogens (tertiary/aromatic N) is 3. The van der Waals surface area contributed by atoms with E-state index >= 15 is 0 Å². The molecule has 0 unspecified atom stereocenters. The number of esters is 1. The van der Waals surface area contributed by atoms with Crippen molar-refractivity contribution in [2.45, 2.75) is 127 Å². The quantitative estimate of drug-likeness (QED) is 0.250. The lowest BCUT2D eigenvalue weighted by Gasteiger charge is -2.37. The Bertz CT molecular complexity index is 2040. The normalized spacial score (nSPS) is 24.4. The number of benzene rings is 1. The first kappa shape index (κ1) is 42.1. The molecule has 2 saturated carbocycles. The van der Waals surface area contributed by atoms with E-state index in [0.29, 0.717) is 44.5 Å².